The fraction of sp³-hybridized carbons (Fsp3) is 0.500. The van der Waals surface area contributed by atoms with Crippen molar-refractivity contribution >= 4 is 0 Å². The fourth-order valence-electron chi connectivity index (χ4n) is 1.04. The van der Waals surface area contributed by atoms with Crippen LogP contribution in [0.15, 0.2) is 18.5 Å². The van der Waals surface area contributed by atoms with Crippen LogP contribution >= 0.6 is 0 Å². The second-order valence-electron chi connectivity index (χ2n) is 3.09. The van der Waals surface area contributed by atoms with E-state index in [1.165, 1.54) is 0 Å². The molecular formula is C10H16N2O2. The van der Waals surface area contributed by atoms with E-state index in [0.29, 0.717) is 12.4 Å². The molecule has 0 saturated heterocycles. The van der Waals surface area contributed by atoms with Crippen molar-refractivity contribution in [2.45, 2.75) is 19.4 Å². The molecular weight excluding hydrogens is 180 g/mol. The molecule has 78 valence electrons. The number of nitrogens with zero attached hydrogens (tertiary/aromatic N) is 1. The van der Waals surface area contributed by atoms with Crippen LogP contribution in [0.2, 0.25) is 0 Å². The summed E-state index contributed by atoms with van der Waals surface area (Å²) in [6.07, 6.45) is 4.24. The van der Waals surface area contributed by atoms with E-state index < -0.39 is 0 Å². The Morgan fingerprint density at radius 2 is 2.36 bits per heavy atom. The molecule has 4 heteroatoms. The van der Waals surface area contributed by atoms with E-state index in [-0.39, 0.29) is 12.6 Å². The van der Waals surface area contributed by atoms with Crippen molar-refractivity contribution in [3.63, 3.8) is 0 Å². The van der Waals surface area contributed by atoms with Gasteiger partial charge in [0, 0.05) is 6.20 Å². The second kappa shape index (κ2) is 5.57. The van der Waals surface area contributed by atoms with Crippen molar-refractivity contribution in [3.8, 4) is 5.75 Å². The maximum absolute atomic E-state index is 8.86. The zero-order valence-electron chi connectivity index (χ0n) is 8.31. The molecule has 1 atom stereocenters. The molecule has 4 nitrogen and oxygen atoms in total. The number of ether oxygens (including phenoxy) is 1. The fourth-order valence-corrected chi connectivity index (χ4v) is 1.04. The predicted molar refractivity (Wildman–Crippen MR) is 54.0 cm³/mol. The van der Waals surface area contributed by atoms with Crippen LogP contribution in [0.1, 0.15) is 24.9 Å². The lowest BCUT2D eigenvalue weighted by Gasteiger charge is -2.10. The largest absolute Gasteiger partial charge is 0.492 e. The minimum Gasteiger partial charge on any atom is -0.492 e. The van der Waals surface area contributed by atoms with Crippen LogP contribution in [-0.2, 0) is 0 Å². The van der Waals surface area contributed by atoms with Gasteiger partial charge >= 0.3 is 0 Å². The highest BCUT2D eigenvalue weighted by atomic mass is 16.5. The minimum absolute atomic E-state index is 0.0844. The number of aliphatic hydroxyl groups excluding tert-OH is 1. The van der Waals surface area contributed by atoms with Gasteiger partial charge < -0.3 is 15.6 Å². The minimum atomic E-state index is -0.382. The van der Waals surface area contributed by atoms with Crippen LogP contribution in [0.25, 0.3) is 0 Å². The van der Waals surface area contributed by atoms with Gasteiger partial charge in [-0.1, -0.05) is 6.92 Å². The molecule has 0 saturated carbocycles. The Labute approximate surface area is 83.7 Å². The first-order chi connectivity index (χ1) is 6.77. The number of hydrogen-bond donors (Lipinski definition) is 2. The number of pyridine rings is 1. The van der Waals surface area contributed by atoms with Crippen LogP contribution in [0.5, 0.6) is 5.75 Å². The number of nitrogens with two attached hydrogens (primary N) is 1. The molecule has 1 aromatic rings. The third-order valence-electron chi connectivity index (χ3n) is 1.83. The van der Waals surface area contributed by atoms with Crippen LogP contribution in [0.3, 0.4) is 0 Å². The van der Waals surface area contributed by atoms with Gasteiger partial charge in [-0.3, -0.25) is 4.98 Å². The number of aliphatic hydroxyl groups is 1. The van der Waals surface area contributed by atoms with Crippen molar-refractivity contribution in [3.05, 3.63) is 24.0 Å². The maximum atomic E-state index is 8.86. The predicted octanol–water partition coefficient (Wildman–Crippen LogP) is 0.863. The van der Waals surface area contributed by atoms with E-state index in [9.17, 15) is 0 Å². The number of rotatable bonds is 5. The van der Waals surface area contributed by atoms with E-state index in [4.69, 9.17) is 15.6 Å². The van der Waals surface area contributed by atoms with Crippen molar-refractivity contribution in [2.75, 3.05) is 13.2 Å². The standard InChI is InChI=1S/C10H16N2O2/c1-2-3-14-9-4-8(5-12-6-9)10(11)7-13/h4-6,10,13H,2-3,7,11H2,1H3/t10-/m0/s1. The molecule has 0 unspecified atom stereocenters. The van der Waals surface area contributed by atoms with E-state index in [0.717, 1.165) is 12.0 Å². The van der Waals surface area contributed by atoms with Crippen LogP contribution in [0, 0.1) is 0 Å². The SMILES string of the molecule is CCCOc1cncc([C@@H](N)CO)c1. The Morgan fingerprint density at radius 1 is 1.57 bits per heavy atom. The summed E-state index contributed by atoms with van der Waals surface area (Å²) in [4.78, 5) is 3.99. The molecule has 1 aromatic heterocycles. The summed E-state index contributed by atoms with van der Waals surface area (Å²) >= 11 is 0. The van der Waals surface area contributed by atoms with Gasteiger partial charge in [0.25, 0.3) is 0 Å². The summed E-state index contributed by atoms with van der Waals surface area (Å²) < 4.78 is 5.39. The lowest BCUT2D eigenvalue weighted by atomic mass is 10.1. The Balaban J connectivity index is 2.68. The van der Waals surface area contributed by atoms with Gasteiger partial charge in [-0.25, -0.2) is 0 Å². The molecule has 14 heavy (non-hydrogen) atoms. The molecule has 0 bridgehead atoms. The molecule has 0 aliphatic carbocycles. The monoisotopic (exact) mass is 196 g/mol. The molecule has 1 rings (SSSR count). The van der Waals surface area contributed by atoms with Gasteiger partial charge in [-0.15, -0.1) is 0 Å². The second-order valence-corrected chi connectivity index (χ2v) is 3.09. The highest BCUT2D eigenvalue weighted by Gasteiger charge is 2.05. The first-order valence-corrected chi connectivity index (χ1v) is 4.72. The lowest BCUT2D eigenvalue weighted by Crippen LogP contribution is -2.14. The maximum Gasteiger partial charge on any atom is 0.137 e. The Hall–Kier alpha value is -1.13. The molecule has 0 fully saturated rings. The van der Waals surface area contributed by atoms with Crippen LogP contribution in [0.4, 0.5) is 0 Å². The topological polar surface area (TPSA) is 68.4 Å². The smallest absolute Gasteiger partial charge is 0.137 e. The van der Waals surface area contributed by atoms with Gasteiger partial charge in [0.2, 0.25) is 0 Å². The quantitative estimate of drug-likeness (QED) is 0.733. The first-order valence-electron chi connectivity index (χ1n) is 4.72. The van der Waals surface area contributed by atoms with E-state index in [1.807, 2.05) is 13.0 Å². The highest BCUT2D eigenvalue weighted by Crippen LogP contribution is 2.15. The van der Waals surface area contributed by atoms with Gasteiger partial charge in [-0.2, -0.15) is 0 Å². The van der Waals surface area contributed by atoms with Crippen molar-refractivity contribution in [1.29, 1.82) is 0 Å². The summed E-state index contributed by atoms with van der Waals surface area (Å²) in [6, 6.07) is 1.43. The molecule has 0 spiro atoms. The highest BCUT2D eigenvalue weighted by molar-refractivity contribution is 5.25. The van der Waals surface area contributed by atoms with Crippen molar-refractivity contribution in [1.82, 2.24) is 4.98 Å². The van der Waals surface area contributed by atoms with Crippen molar-refractivity contribution < 1.29 is 9.84 Å². The average Bonchev–Trinajstić information content (AvgIpc) is 2.25. The molecule has 0 aromatic carbocycles. The normalized spacial score (nSPS) is 12.5. The number of aromatic nitrogens is 1. The van der Waals surface area contributed by atoms with Gasteiger partial charge in [0.1, 0.15) is 5.75 Å². The molecule has 1 heterocycles. The van der Waals surface area contributed by atoms with Crippen LogP contribution in [-0.4, -0.2) is 23.3 Å². The number of hydrogen-bond acceptors (Lipinski definition) is 4. The zero-order valence-corrected chi connectivity index (χ0v) is 8.31. The molecule has 0 aliphatic rings. The summed E-state index contributed by atoms with van der Waals surface area (Å²) in [6.45, 7) is 2.62. The Morgan fingerprint density at radius 3 is 3.00 bits per heavy atom. The summed E-state index contributed by atoms with van der Waals surface area (Å²) in [7, 11) is 0. The summed E-state index contributed by atoms with van der Waals surface area (Å²) in [5, 5.41) is 8.86. The molecule has 0 amide bonds. The molecule has 0 radical (unpaired) electrons. The Kier molecular flexibility index (Phi) is 4.35. The zero-order chi connectivity index (χ0) is 10.4. The van der Waals surface area contributed by atoms with E-state index in [1.54, 1.807) is 12.4 Å². The third kappa shape index (κ3) is 2.97. The first kappa shape index (κ1) is 10.9. The van der Waals surface area contributed by atoms with E-state index in [2.05, 4.69) is 4.98 Å². The summed E-state index contributed by atoms with van der Waals surface area (Å²) in [5.74, 6) is 0.702. The van der Waals surface area contributed by atoms with Gasteiger partial charge in [0.05, 0.1) is 25.5 Å². The third-order valence-corrected chi connectivity index (χ3v) is 1.83. The van der Waals surface area contributed by atoms with Crippen LogP contribution < -0.4 is 10.5 Å². The summed E-state index contributed by atoms with van der Waals surface area (Å²) in [5.41, 5.74) is 6.44. The van der Waals surface area contributed by atoms with Gasteiger partial charge in [-0.05, 0) is 18.1 Å². The van der Waals surface area contributed by atoms with E-state index >= 15 is 0 Å². The Bertz CT molecular complexity index is 279. The molecule has 3 N–H and O–H groups in total. The average molecular weight is 196 g/mol. The molecule has 0 aliphatic heterocycles. The lowest BCUT2D eigenvalue weighted by molar-refractivity contribution is 0.267. The van der Waals surface area contributed by atoms with Crippen molar-refractivity contribution in [2.24, 2.45) is 5.73 Å². The van der Waals surface area contributed by atoms with Gasteiger partial charge in [0.15, 0.2) is 0 Å².